The Hall–Kier alpha value is -3.94. The molecule has 0 radical (unpaired) electrons. The Morgan fingerprint density at radius 1 is 0.619 bits per heavy atom. The lowest BCUT2D eigenvalue weighted by Gasteiger charge is -2.40. The lowest BCUT2D eigenvalue weighted by molar-refractivity contribution is 0.0587. The molecule has 0 atom stereocenters. The maximum atomic E-state index is 15.4. The average molecular weight is 581 g/mol. The minimum atomic E-state index is -0.628. The molecule has 3 aromatic rings. The molecule has 3 aromatic carbocycles. The fourth-order valence-electron chi connectivity index (χ4n) is 6.54. The Balaban J connectivity index is 0.00000264. The highest BCUT2D eigenvalue weighted by molar-refractivity contribution is 6.05. The summed E-state index contributed by atoms with van der Waals surface area (Å²) in [7, 11) is 2.59. The summed E-state index contributed by atoms with van der Waals surface area (Å²) in [6, 6.07) is 15.9. The fourth-order valence-corrected chi connectivity index (χ4v) is 6.54. The number of nitrogens with zero attached hydrogens (tertiary/aromatic N) is 2. The first kappa shape index (κ1) is 29.5. The summed E-state index contributed by atoms with van der Waals surface area (Å²) in [4.78, 5) is 30.7. The van der Waals surface area contributed by atoms with Gasteiger partial charge in [0, 0.05) is 14.9 Å². The first-order chi connectivity index (χ1) is 20.4. The molecule has 0 N–H and O–H groups in total. The molecule has 0 saturated heterocycles. The van der Waals surface area contributed by atoms with Crippen molar-refractivity contribution in [1.29, 1.82) is 0 Å². The number of benzene rings is 3. The van der Waals surface area contributed by atoms with E-state index in [9.17, 15) is 9.59 Å². The summed E-state index contributed by atoms with van der Waals surface area (Å²) in [6.07, 6.45) is 9.22. The van der Waals surface area contributed by atoms with Gasteiger partial charge in [-0.05, 0) is 62.1 Å². The van der Waals surface area contributed by atoms with Crippen molar-refractivity contribution in [3.63, 3.8) is 0 Å². The molecule has 2 fully saturated rings. The average Bonchev–Trinajstić information content (AvgIpc) is 3.03. The quantitative estimate of drug-likeness (QED) is 0.248. The van der Waals surface area contributed by atoms with Crippen LogP contribution < -0.4 is 9.80 Å². The van der Waals surface area contributed by atoms with Gasteiger partial charge in [0.2, 0.25) is 0 Å². The smallest absolute Gasteiger partial charge is 0.340 e. The van der Waals surface area contributed by atoms with Gasteiger partial charge in [-0.25, -0.2) is 18.4 Å². The third-order valence-corrected chi connectivity index (χ3v) is 8.55. The van der Waals surface area contributed by atoms with Crippen LogP contribution in [0.3, 0.4) is 0 Å². The minimum Gasteiger partial charge on any atom is -0.465 e. The number of para-hydroxylation sites is 2. The molecule has 226 valence electrons. The molecule has 5 rings (SSSR count). The van der Waals surface area contributed by atoms with Crippen molar-refractivity contribution in [2.75, 3.05) is 24.0 Å². The summed E-state index contributed by atoms with van der Waals surface area (Å²) in [5.41, 5.74) is 1.70. The minimum absolute atomic E-state index is 0. The van der Waals surface area contributed by atoms with Crippen molar-refractivity contribution in [2.24, 2.45) is 0 Å². The third kappa shape index (κ3) is 5.98. The molecule has 0 bridgehead atoms. The highest BCUT2D eigenvalue weighted by Gasteiger charge is 2.34. The second-order valence-corrected chi connectivity index (χ2v) is 11.1. The van der Waals surface area contributed by atoms with Crippen molar-refractivity contribution < 1.29 is 30.7 Å². The molecular formula is C34H42F2N2O4. The number of anilines is 4. The predicted octanol–water partition coefficient (Wildman–Crippen LogP) is 8.97. The molecule has 8 heteroatoms. The van der Waals surface area contributed by atoms with E-state index >= 15 is 8.78 Å². The second-order valence-electron chi connectivity index (χ2n) is 11.1. The number of methoxy groups -OCH3 is 2. The van der Waals surface area contributed by atoms with Gasteiger partial charge in [0.25, 0.3) is 0 Å². The van der Waals surface area contributed by atoms with E-state index in [1.807, 2.05) is 9.80 Å². The number of hydrogen-bond donors (Lipinski definition) is 0. The van der Waals surface area contributed by atoms with Crippen LogP contribution in [0.4, 0.5) is 31.5 Å². The topological polar surface area (TPSA) is 59.1 Å². The van der Waals surface area contributed by atoms with E-state index in [2.05, 4.69) is 0 Å². The Labute approximate surface area is 249 Å². The van der Waals surface area contributed by atoms with Gasteiger partial charge in [-0.1, -0.05) is 62.8 Å². The molecule has 0 spiro atoms. The molecule has 2 aliphatic carbocycles. The first-order valence-electron chi connectivity index (χ1n) is 14.9. The molecule has 0 unspecified atom stereocenters. The Kier molecular flexibility index (Phi) is 9.40. The SMILES string of the molecule is COC(=O)c1cc(N(c2ccccc2F)C2CCCCC2)c(C(=O)OC)cc1N(c1ccccc1F)C1CCCCC1.[HH].[HH]. The summed E-state index contributed by atoms with van der Waals surface area (Å²) in [6.45, 7) is 0. The van der Waals surface area contributed by atoms with Crippen molar-refractivity contribution in [3.05, 3.63) is 83.4 Å². The largest absolute Gasteiger partial charge is 0.465 e. The van der Waals surface area contributed by atoms with Gasteiger partial charge in [0.1, 0.15) is 11.6 Å². The number of esters is 2. The van der Waals surface area contributed by atoms with Crippen LogP contribution in [0.25, 0.3) is 0 Å². The van der Waals surface area contributed by atoms with E-state index in [-0.39, 0.29) is 26.1 Å². The van der Waals surface area contributed by atoms with Crippen molar-refractivity contribution in [1.82, 2.24) is 0 Å². The Morgan fingerprint density at radius 2 is 0.976 bits per heavy atom. The predicted molar refractivity (Wildman–Crippen MR) is 164 cm³/mol. The van der Waals surface area contributed by atoms with Crippen molar-refractivity contribution >= 4 is 34.7 Å². The molecule has 0 aliphatic heterocycles. The summed E-state index contributed by atoms with van der Waals surface area (Å²) >= 11 is 0. The van der Waals surface area contributed by atoms with Crippen molar-refractivity contribution in [3.8, 4) is 0 Å². The van der Waals surface area contributed by atoms with E-state index in [0.717, 1.165) is 64.2 Å². The maximum Gasteiger partial charge on any atom is 0.340 e. The van der Waals surface area contributed by atoms with E-state index in [1.54, 1.807) is 48.5 Å². The Morgan fingerprint density at radius 3 is 1.31 bits per heavy atom. The van der Waals surface area contributed by atoms with Crippen LogP contribution in [0, 0.1) is 11.6 Å². The van der Waals surface area contributed by atoms with Gasteiger partial charge in [-0.15, -0.1) is 0 Å². The van der Waals surface area contributed by atoms with Crippen LogP contribution >= 0.6 is 0 Å². The van der Waals surface area contributed by atoms with E-state index < -0.39 is 23.6 Å². The Bertz CT molecular complexity index is 1320. The van der Waals surface area contributed by atoms with Crippen LogP contribution in [-0.2, 0) is 9.47 Å². The highest BCUT2D eigenvalue weighted by atomic mass is 19.1. The molecule has 2 saturated carbocycles. The summed E-state index contributed by atoms with van der Waals surface area (Å²) < 4.78 is 41.4. The highest BCUT2D eigenvalue weighted by Crippen LogP contribution is 2.44. The zero-order valence-corrected chi connectivity index (χ0v) is 24.3. The normalized spacial score (nSPS) is 16.1. The number of carbonyl (C=O) groups excluding carboxylic acids is 2. The standard InChI is InChI=1S/C34H38F2N2O4.2H2/c1-41-33(39)25-21-32(38(24-15-7-4-8-16-24)30-20-12-10-18-28(30)36)26(34(40)42-2)22-31(25)37(23-13-5-3-6-14-23)29-19-11-9-17-27(29)35;;/h9-12,17-24H,3-8,13-16H2,1-2H3;2*1H. The van der Waals surface area contributed by atoms with E-state index in [4.69, 9.17) is 9.47 Å². The maximum absolute atomic E-state index is 15.4. The van der Waals surface area contributed by atoms with Crippen LogP contribution in [0.15, 0.2) is 60.7 Å². The second kappa shape index (κ2) is 13.4. The van der Waals surface area contributed by atoms with Gasteiger partial charge in [0.05, 0.1) is 48.1 Å². The number of hydrogen-bond acceptors (Lipinski definition) is 6. The van der Waals surface area contributed by atoms with Gasteiger partial charge >= 0.3 is 11.9 Å². The van der Waals surface area contributed by atoms with E-state index in [0.29, 0.717) is 22.7 Å². The molecule has 0 amide bonds. The zero-order valence-electron chi connectivity index (χ0n) is 24.3. The van der Waals surface area contributed by atoms with E-state index in [1.165, 1.54) is 26.4 Å². The first-order valence-corrected chi connectivity index (χ1v) is 14.9. The van der Waals surface area contributed by atoms with Gasteiger partial charge < -0.3 is 19.3 Å². The number of carbonyl (C=O) groups is 2. The molecule has 0 heterocycles. The van der Waals surface area contributed by atoms with Gasteiger partial charge in [-0.2, -0.15) is 0 Å². The molecular weight excluding hydrogens is 538 g/mol. The lowest BCUT2D eigenvalue weighted by Crippen LogP contribution is -2.37. The fraction of sp³-hybridized carbons (Fsp3) is 0.412. The molecule has 42 heavy (non-hydrogen) atoms. The lowest BCUT2D eigenvalue weighted by atomic mass is 9.91. The van der Waals surface area contributed by atoms with Crippen LogP contribution in [-0.4, -0.2) is 38.2 Å². The van der Waals surface area contributed by atoms with Gasteiger partial charge in [0.15, 0.2) is 0 Å². The zero-order chi connectivity index (χ0) is 29.6. The molecule has 0 aromatic heterocycles. The van der Waals surface area contributed by atoms with Crippen molar-refractivity contribution in [2.45, 2.75) is 76.3 Å². The number of ether oxygens (including phenoxy) is 2. The number of rotatable bonds is 8. The number of halogens is 2. The third-order valence-electron chi connectivity index (χ3n) is 8.55. The monoisotopic (exact) mass is 580 g/mol. The van der Waals surface area contributed by atoms with Crippen LogP contribution in [0.1, 0.15) is 87.8 Å². The molecule has 2 aliphatic rings. The molecule has 6 nitrogen and oxygen atoms in total. The van der Waals surface area contributed by atoms with Crippen LogP contribution in [0.5, 0.6) is 0 Å². The summed E-state index contributed by atoms with van der Waals surface area (Å²) in [5, 5.41) is 0. The van der Waals surface area contributed by atoms with Crippen LogP contribution in [0.2, 0.25) is 0 Å². The van der Waals surface area contributed by atoms with Gasteiger partial charge in [-0.3, -0.25) is 0 Å². The summed E-state index contributed by atoms with van der Waals surface area (Å²) in [5.74, 6) is -2.12.